The lowest BCUT2D eigenvalue weighted by Gasteiger charge is -2.12. The standard InChI is InChI=1S/C17H18N6O/c1-12(21-16-9-19-8-15(22-16)17(18)24)14-7-20-23(11-14)10-13-5-3-2-4-6-13/h2-9,11-12H,10H2,1H3,(H2,18,24)(H,21,22). The normalized spacial score (nSPS) is 11.9. The third-order valence-corrected chi connectivity index (χ3v) is 3.59. The number of benzene rings is 1. The highest BCUT2D eigenvalue weighted by Gasteiger charge is 2.11. The van der Waals surface area contributed by atoms with Crippen LogP contribution in [0.2, 0.25) is 0 Å². The first-order chi connectivity index (χ1) is 11.6. The zero-order chi connectivity index (χ0) is 16.9. The predicted molar refractivity (Wildman–Crippen MR) is 90.4 cm³/mol. The van der Waals surface area contributed by atoms with E-state index in [1.807, 2.05) is 42.2 Å². The third-order valence-electron chi connectivity index (χ3n) is 3.59. The second kappa shape index (κ2) is 6.91. The summed E-state index contributed by atoms with van der Waals surface area (Å²) in [6.07, 6.45) is 6.69. The summed E-state index contributed by atoms with van der Waals surface area (Å²) in [7, 11) is 0. The number of amides is 1. The maximum Gasteiger partial charge on any atom is 0.268 e. The minimum atomic E-state index is -0.602. The van der Waals surface area contributed by atoms with Crippen LogP contribution in [-0.4, -0.2) is 25.7 Å². The van der Waals surface area contributed by atoms with Crippen LogP contribution in [0.3, 0.4) is 0 Å². The number of aromatic nitrogens is 4. The van der Waals surface area contributed by atoms with E-state index >= 15 is 0 Å². The van der Waals surface area contributed by atoms with Crippen molar-refractivity contribution in [1.82, 2.24) is 19.7 Å². The number of carbonyl (C=O) groups is 1. The highest BCUT2D eigenvalue weighted by molar-refractivity contribution is 5.90. The smallest absolute Gasteiger partial charge is 0.268 e. The molecule has 0 aliphatic heterocycles. The Morgan fingerprint density at radius 3 is 2.79 bits per heavy atom. The van der Waals surface area contributed by atoms with Gasteiger partial charge >= 0.3 is 0 Å². The van der Waals surface area contributed by atoms with E-state index in [2.05, 4.69) is 32.5 Å². The SMILES string of the molecule is CC(Nc1cncc(C(N)=O)n1)c1cnn(Cc2ccccc2)c1. The van der Waals surface area contributed by atoms with Gasteiger partial charge in [0.2, 0.25) is 0 Å². The molecule has 1 atom stereocenters. The van der Waals surface area contributed by atoms with Gasteiger partial charge in [-0.3, -0.25) is 14.5 Å². The predicted octanol–water partition coefficient (Wildman–Crippen LogP) is 1.99. The monoisotopic (exact) mass is 322 g/mol. The van der Waals surface area contributed by atoms with Crippen molar-refractivity contribution in [2.75, 3.05) is 5.32 Å². The second-order valence-electron chi connectivity index (χ2n) is 5.48. The Morgan fingerprint density at radius 1 is 1.25 bits per heavy atom. The van der Waals surface area contributed by atoms with Crippen LogP contribution in [0.25, 0.3) is 0 Å². The number of hydrogen-bond donors (Lipinski definition) is 2. The molecule has 0 saturated heterocycles. The van der Waals surface area contributed by atoms with E-state index in [0.29, 0.717) is 12.4 Å². The lowest BCUT2D eigenvalue weighted by atomic mass is 10.2. The molecule has 7 heteroatoms. The van der Waals surface area contributed by atoms with Crippen LogP contribution >= 0.6 is 0 Å². The number of nitrogens with zero attached hydrogens (tertiary/aromatic N) is 4. The molecule has 0 radical (unpaired) electrons. The topological polar surface area (TPSA) is 98.7 Å². The van der Waals surface area contributed by atoms with E-state index in [0.717, 1.165) is 5.56 Å². The fourth-order valence-electron chi connectivity index (χ4n) is 2.32. The van der Waals surface area contributed by atoms with Gasteiger partial charge in [-0.1, -0.05) is 30.3 Å². The number of rotatable bonds is 6. The molecule has 122 valence electrons. The second-order valence-corrected chi connectivity index (χ2v) is 5.48. The van der Waals surface area contributed by atoms with Crippen LogP contribution in [0.4, 0.5) is 5.82 Å². The number of anilines is 1. The first-order valence-electron chi connectivity index (χ1n) is 7.56. The van der Waals surface area contributed by atoms with E-state index in [1.165, 1.54) is 11.8 Å². The Morgan fingerprint density at radius 2 is 2.04 bits per heavy atom. The fraction of sp³-hybridized carbons (Fsp3) is 0.176. The molecule has 0 bridgehead atoms. The molecule has 0 spiro atoms. The molecule has 0 saturated carbocycles. The number of hydrogen-bond acceptors (Lipinski definition) is 5. The summed E-state index contributed by atoms with van der Waals surface area (Å²) < 4.78 is 1.88. The van der Waals surface area contributed by atoms with Crippen molar-refractivity contribution in [1.29, 1.82) is 0 Å². The van der Waals surface area contributed by atoms with E-state index in [9.17, 15) is 4.79 Å². The lowest BCUT2D eigenvalue weighted by molar-refractivity contribution is 0.0995. The molecule has 3 rings (SSSR count). The van der Waals surface area contributed by atoms with Crippen LogP contribution in [-0.2, 0) is 6.54 Å². The molecule has 0 aliphatic rings. The van der Waals surface area contributed by atoms with Gasteiger partial charge in [0.1, 0.15) is 11.5 Å². The van der Waals surface area contributed by atoms with Gasteiger partial charge in [0.25, 0.3) is 5.91 Å². The van der Waals surface area contributed by atoms with Crippen LogP contribution in [0.1, 0.15) is 34.6 Å². The number of primary amides is 1. The van der Waals surface area contributed by atoms with Crippen molar-refractivity contribution >= 4 is 11.7 Å². The summed E-state index contributed by atoms with van der Waals surface area (Å²) >= 11 is 0. The van der Waals surface area contributed by atoms with Gasteiger partial charge in [0, 0.05) is 11.8 Å². The van der Waals surface area contributed by atoms with Gasteiger partial charge in [0.05, 0.1) is 31.2 Å². The first kappa shape index (κ1) is 15.7. The number of nitrogens with one attached hydrogen (secondary N) is 1. The molecule has 2 heterocycles. The summed E-state index contributed by atoms with van der Waals surface area (Å²) in [5, 5.41) is 7.58. The van der Waals surface area contributed by atoms with Crippen LogP contribution in [0.15, 0.2) is 55.1 Å². The minimum Gasteiger partial charge on any atom is -0.364 e. The van der Waals surface area contributed by atoms with Gasteiger partial charge in [0.15, 0.2) is 0 Å². The van der Waals surface area contributed by atoms with Crippen LogP contribution < -0.4 is 11.1 Å². The summed E-state index contributed by atoms with van der Waals surface area (Å²) in [5.41, 5.74) is 7.55. The van der Waals surface area contributed by atoms with Gasteiger partial charge < -0.3 is 11.1 Å². The van der Waals surface area contributed by atoms with Gasteiger partial charge in [-0.2, -0.15) is 5.10 Å². The lowest BCUT2D eigenvalue weighted by Crippen LogP contribution is -2.15. The molecule has 1 unspecified atom stereocenters. The fourth-order valence-corrected chi connectivity index (χ4v) is 2.32. The van der Waals surface area contributed by atoms with Crippen molar-refractivity contribution in [2.24, 2.45) is 5.73 Å². The van der Waals surface area contributed by atoms with Crippen molar-refractivity contribution in [3.8, 4) is 0 Å². The minimum absolute atomic E-state index is 0.0352. The molecule has 1 amide bonds. The molecule has 1 aromatic carbocycles. The van der Waals surface area contributed by atoms with Crippen LogP contribution in [0.5, 0.6) is 0 Å². The first-order valence-corrected chi connectivity index (χ1v) is 7.56. The van der Waals surface area contributed by atoms with Crippen molar-refractivity contribution in [2.45, 2.75) is 19.5 Å². The van der Waals surface area contributed by atoms with E-state index in [-0.39, 0.29) is 11.7 Å². The van der Waals surface area contributed by atoms with Gasteiger partial charge in [-0.05, 0) is 12.5 Å². The molecule has 0 aliphatic carbocycles. The Labute approximate surface area is 139 Å². The van der Waals surface area contributed by atoms with Crippen molar-refractivity contribution < 1.29 is 4.79 Å². The molecule has 3 aromatic rings. The Bertz CT molecular complexity index is 830. The van der Waals surface area contributed by atoms with E-state index in [4.69, 9.17) is 5.73 Å². The molecule has 0 fully saturated rings. The summed E-state index contributed by atoms with van der Waals surface area (Å²) in [6.45, 7) is 2.70. The number of nitrogens with two attached hydrogens (primary N) is 1. The maximum atomic E-state index is 11.2. The summed E-state index contributed by atoms with van der Waals surface area (Å²) in [5.74, 6) is -0.107. The highest BCUT2D eigenvalue weighted by atomic mass is 16.1. The van der Waals surface area contributed by atoms with Crippen molar-refractivity contribution in [3.63, 3.8) is 0 Å². The molecule has 2 aromatic heterocycles. The van der Waals surface area contributed by atoms with Crippen molar-refractivity contribution in [3.05, 3.63) is 71.9 Å². The Kier molecular flexibility index (Phi) is 4.51. The highest BCUT2D eigenvalue weighted by Crippen LogP contribution is 2.17. The van der Waals surface area contributed by atoms with Crippen LogP contribution in [0, 0.1) is 0 Å². The Hall–Kier alpha value is -3.22. The quantitative estimate of drug-likeness (QED) is 0.723. The van der Waals surface area contributed by atoms with E-state index < -0.39 is 5.91 Å². The maximum absolute atomic E-state index is 11.2. The molecule has 3 N–H and O–H groups in total. The molecule has 7 nitrogen and oxygen atoms in total. The zero-order valence-corrected chi connectivity index (χ0v) is 13.3. The zero-order valence-electron chi connectivity index (χ0n) is 13.3. The van der Waals surface area contributed by atoms with Gasteiger partial charge in [-0.15, -0.1) is 0 Å². The average molecular weight is 322 g/mol. The van der Waals surface area contributed by atoms with E-state index in [1.54, 1.807) is 6.20 Å². The Balaban J connectivity index is 1.68. The molecular formula is C17H18N6O. The van der Waals surface area contributed by atoms with Gasteiger partial charge in [-0.25, -0.2) is 4.98 Å². The molecule has 24 heavy (non-hydrogen) atoms. The molecular weight excluding hydrogens is 304 g/mol. The largest absolute Gasteiger partial charge is 0.364 e. The number of carbonyl (C=O) groups excluding carboxylic acids is 1. The third kappa shape index (κ3) is 3.75. The summed E-state index contributed by atoms with van der Waals surface area (Å²) in [6, 6.07) is 10.1. The summed E-state index contributed by atoms with van der Waals surface area (Å²) in [4.78, 5) is 19.3. The average Bonchev–Trinajstić information content (AvgIpc) is 3.04.